The molecular weight excluding hydrogens is 322 g/mol. The molecule has 1 aromatic heterocycles. The van der Waals surface area contributed by atoms with Crippen LogP contribution in [0.5, 0.6) is 0 Å². The molecule has 0 aliphatic rings. The van der Waals surface area contributed by atoms with Gasteiger partial charge in [-0.05, 0) is 35.1 Å². The number of carboxylic acids is 1. The first-order valence-electron chi connectivity index (χ1n) is 6.65. The van der Waals surface area contributed by atoms with E-state index in [1.807, 2.05) is 13.8 Å². The van der Waals surface area contributed by atoms with Crippen LogP contribution in [0.4, 0.5) is 5.69 Å². The Morgan fingerprint density at radius 1 is 1.18 bits per heavy atom. The number of benzene rings is 1. The molecule has 0 amide bonds. The second-order valence-electron chi connectivity index (χ2n) is 5.14. The standard InChI is InChI=1S/C15H17NO4S2/c1-10(2)11-4-6-12(7-5-11)22(19,20)16(3)13-8-9-21-14(13)15(17)18/h4-10H,1-3H3,(H,17,18). The summed E-state index contributed by atoms with van der Waals surface area (Å²) in [5, 5.41) is 10.7. The van der Waals surface area contributed by atoms with Crippen molar-refractivity contribution in [3.8, 4) is 0 Å². The van der Waals surface area contributed by atoms with E-state index < -0.39 is 16.0 Å². The first kappa shape index (κ1) is 16.5. The molecule has 1 heterocycles. The summed E-state index contributed by atoms with van der Waals surface area (Å²) in [5.74, 6) is -0.827. The zero-order chi connectivity index (χ0) is 16.5. The van der Waals surface area contributed by atoms with Crippen LogP contribution in [0.25, 0.3) is 0 Å². The quantitative estimate of drug-likeness (QED) is 0.906. The second kappa shape index (κ2) is 6.10. The van der Waals surface area contributed by atoms with Crippen molar-refractivity contribution < 1.29 is 18.3 Å². The lowest BCUT2D eigenvalue weighted by Crippen LogP contribution is -2.27. The molecule has 2 rings (SSSR count). The van der Waals surface area contributed by atoms with Gasteiger partial charge in [0, 0.05) is 7.05 Å². The highest BCUT2D eigenvalue weighted by Gasteiger charge is 2.26. The van der Waals surface area contributed by atoms with Crippen LogP contribution < -0.4 is 4.31 Å². The van der Waals surface area contributed by atoms with E-state index in [2.05, 4.69) is 0 Å². The van der Waals surface area contributed by atoms with E-state index in [-0.39, 0.29) is 15.5 Å². The van der Waals surface area contributed by atoms with E-state index in [0.29, 0.717) is 5.92 Å². The molecule has 118 valence electrons. The predicted molar refractivity (Wildman–Crippen MR) is 87.4 cm³/mol. The summed E-state index contributed by atoms with van der Waals surface area (Å²) >= 11 is 0.998. The van der Waals surface area contributed by atoms with Crippen LogP contribution in [-0.2, 0) is 10.0 Å². The van der Waals surface area contributed by atoms with Gasteiger partial charge in [0.2, 0.25) is 0 Å². The number of rotatable bonds is 5. The molecule has 0 aliphatic heterocycles. The van der Waals surface area contributed by atoms with Crippen molar-refractivity contribution in [2.45, 2.75) is 24.7 Å². The lowest BCUT2D eigenvalue weighted by atomic mass is 10.0. The molecule has 0 spiro atoms. The summed E-state index contributed by atoms with van der Waals surface area (Å²) in [6.07, 6.45) is 0. The van der Waals surface area contributed by atoms with Gasteiger partial charge < -0.3 is 5.11 Å². The summed E-state index contributed by atoms with van der Waals surface area (Å²) < 4.78 is 26.3. The van der Waals surface area contributed by atoms with Crippen LogP contribution in [0.1, 0.15) is 35.0 Å². The molecule has 0 aliphatic carbocycles. The van der Waals surface area contributed by atoms with Crippen molar-refractivity contribution in [3.05, 3.63) is 46.2 Å². The maximum Gasteiger partial charge on any atom is 0.348 e. The molecule has 5 nitrogen and oxygen atoms in total. The van der Waals surface area contributed by atoms with Crippen molar-refractivity contribution >= 4 is 33.0 Å². The minimum absolute atomic E-state index is 0.00451. The Bertz CT molecular complexity index is 776. The van der Waals surface area contributed by atoms with Gasteiger partial charge in [0.1, 0.15) is 4.88 Å². The van der Waals surface area contributed by atoms with E-state index in [9.17, 15) is 13.2 Å². The van der Waals surface area contributed by atoms with Gasteiger partial charge in [-0.25, -0.2) is 13.2 Å². The van der Waals surface area contributed by atoms with Gasteiger partial charge in [-0.3, -0.25) is 4.31 Å². The average Bonchev–Trinajstić information content (AvgIpc) is 2.96. The van der Waals surface area contributed by atoms with Gasteiger partial charge in [-0.15, -0.1) is 11.3 Å². The van der Waals surface area contributed by atoms with Crippen molar-refractivity contribution in [1.29, 1.82) is 0 Å². The Morgan fingerprint density at radius 3 is 2.27 bits per heavy atom. The third kappa shape index (κ3) is 3.00. The third-order valence-electron chi connectivity index (χ3n) is 3.38. The summed E-state index contributed by atoms with van der Waals surface area (Å²) in [7, 11) is -2.42. The molecule has 7 heteroatoms. The molecule has 1 aromatic carbocycles. The second-order valence-corrected chi connectivity index (χ2v) is 8.02. The highest BCUT2D eigenvalue weighted by Crippen LogP contribution is 2.30. The number of hydrogen-bond acceptors (Lipinski definition) is 4. The number of aromatic carboxylic acids is 1. The first-order valence-corrected chi connectivity index (χ1v) is 8.96. The monoisotopic (exact) mass is 339 g/mol. The van der Waals surface area contributed by atoms with Crippen LogP contribution in [0.3, 0.4) is 0 Å². The third-order valence-corrected chi connectivity index (χ3v) is 6.06. The van der Waals surface area contributed by atoms with E-state index in [0.717, 1.165) is 21.2 Å². The zero-order valence-corrected chi connectivity index (χ0v) is 14.1. The fourth-order valence-corrected chi connectivity index (χ4v) is 4.05. The SMILES string of the molecule is CC(C)c1ccc(S(=O)(=O)N(C)c2ccsc2C(=O)O)cc1. The minimum atomic E-state index is -3.78. The number of hydrogen-bond donors (Lipinski definition) is 1. The smallest absolute Gasteiger partial charge is 0.348 e. The van der Waals surface area contributed by atoms with Gasteiger partial charge in [0.15, 0.2) is 0 Å². The first-order chi connectivity index (χ1) is 10.2. The minimum Gasteiger partial charge on any atom is -0.477 e. The van der Waals surface area contributed by atoms with Gasteiger partial charge in [0.25, 0.3) is 10.0 Å². The predicted octanol–water partition coefficient (Wildman–Crippen LogP) is 3.39. The molecule has 0 fully saturated rings. The summed E-state index contributed by atoms with van der Waals surface area (Å²) in [4.78, 5) is 11.3. The topological polar surface area (TPSA) is 74.7 Å². The molecular formula is C15H17NO4S2. The Labute approximate surface area is 133 Å². The van der Waals surface area contributed by atoms with Crippen LogP contribution >= 0.6 is 11.3 Å². The van der Waals surface area contributed by atoms with Crippen LogP contribution in [0.15, 0.2) is 40.6 Å². The molecule has 0 radical (unpaired) electrons. The molecule has 0 bridgehead atoms. The maximum atomic E-state index is 12.6. The molecule has 2 aromatic rings. The Kier molecular flexibility index (Phi) is 4.58. The Morgan fingerprint density at radius 2 is 1.77 bits per heavy atom. The number of nitrogens with zero attached hydrogens (tertiary/aromatic N) is 1. The average molecular weight is 339 g/mol. The summed E-state index contributed by atoms with van der Waals surface area (Å²) in [6, 6.07) is 8.14. The zero-order valence-electron chi connectivity index (χ0n) is 12.5. The highest BCUT2D eigenvalue weighted by molar-refractivity contribution is 7.92. The van der Waals surface area contributed by atoms with Crippen LogP contribution in [0, 0.1) is 0 Å². The van der Waals surface area contributed by atoms with Crippen LogP contribution in [-0.4, -0.2) is 26.5 Å². The van der Waals surface area contributed by atoms with Crippen molar-refractivity contribution in [2.24, 2.45) is 0 Å². The van der Waals surface area contributed by atoms with E-state index in [1.165, 1.54) is 13.1 Å². The number of sulfonamides is 1. The lowest BCUT2D eigenvalue weighted by molar-refractivity contribution is 0.0703. The number of carbonyl (C=O) groups is 1. The molecule has 0 saturated heterocycles. The fourth-order valence-electron chi connectivity index (χ4n) is 2.02. The van der Waals surface area contributed by atoms with Crippen LogP contribution in [0.2, 0.25) is 0 Å². The highest BCUT2D eigenvalue weighted by atomic mass is 32.2. The maximum absolute atomic E-state index is 12.6. The van der Waals surface area contributed by atoms with Crippen molar-refractivity contribution in [1.82, 2.24) is 0 Å². The molecule has 1 N–H and O–H groups in total. The van der Waals surface area contributed by atoms with Gasteiger partial charge in [0.05, 0.1) is 10.6 Å². The van der Waals surface area contributed by atoms with Gasteiger partial charge in [-0.2, -0.15) is 0 Å². The van der Waals surface area contributed by atoms with E-state index in [4.69, 9.17) is 5.11 Å². The Balaban J connectivity index is 2.41. The van der Waals surface area contributed by atoms with Crippen molar-refractivity contribution in [2.75, 3.05) is 11.4 Å². The fraction of sp³-hybridized carbons (Fsp3) is 0.267. The molecule has 0 atom stereocenters. The van der Waals surface area contributed by atoms with Gasteiger partial charge in [-0.1, -0.05) is 26.0 Å². The molecule has 0 saturated carbocycles. The van der Waals surface area contributed by atoms with E-state index in [1.54, 1.807) is 29.6 Å². The number of anilines is 1. The van der Waals surface area contributed by atoms with E-state index >= 15 is 0 Å². The lowest BCUT2D eigenvalue weighted by Gasteiger charge is -2.19. The summed E-state index contributed by atoms with van der Waals surface area (Å²) in [5.41, 5.74) is 1.22. The normalized spacial score (nSPS) is 11.6. The van der Waals surface area contributed by atoms with Crippen molar-refractivity contribution in [3.63, 3.8) is 0 Å². The largest absolute Gasteiger partial charge is 0.477 e. The van der Waals surface area contributed by atoms with Gasteiger partial charge >= 0.3 is 5.97 Å². The number of carboxylic acid groups (broad SMARTS) is 1. The molecule has 0 unspecified atom stereocenters. The molecule has 22 heavy (non-hydrogen) atoms. The number of thiophene rings is 1. The summed E-state index contributed by atoms with van der Waals surface area (Å²) in [6.45, 7) is 4.06. The Hall–Kier alpha value is -1.86.